The molecule has 0 bridgehead atoms. The van der Waals surface area contributed by atoms with Gasteiger partial charge in [-0.1, -0.05) is 29.8 Å². The molecule has 0 amide bonds. The van der Waals surface area contributed by atoms with Crippen LogP contribution in [0.3, 0.4) is 0 Å². The Morgan fingerprint density at radius 2 is 2.00 bits per heavy atom. The Balaban J connectivity index is 2.31. The van der Waals surface area contributed by atoms with Crippen LogP contribution in [0.2, 0.25) is 0 Å². The van der Waals surface area contributed by atoms with Gasteiger partial charge in [0.05, 0.1) is 17.2 Å². The van der Waals surface area contributed by atoms with E-state index >= 15 is 0 Å². The third-order valence-corrected chi connectivity index (χ3v) is 3.73. The molecule has 84 valence electrons. The van der Waals surface area contributed by atoms with Gasteiger partial charge in [0.15, 0.2) is 0 Å². The fraction of sp³-hybridized carbons (Fsp3) is 0.0769. The average Bonchev–Trinajstić information content (AvgIpc) is 2.75. The Morgan fingerprint density at radius 3 is 2.76 bits per heavy atom. The summed E-state index contributed by atoms with van der Waals surface area (Å²) < 4.78 is 0. The zero-order valence-corrected chi connectivity index (χ0v) is 10.0. The summed E-state index contributed by atoms with van der Waals surface area (Å²) in [4.78, 5) is 19.6. The van der Waals surface area contributed by atoms with Crippen molar-refractivity contribution in [2.75, 3.05) is 0 Å². The lowest BCUT2D eigenvalue weighted by Crippen LogP contribution is -2.05. The van der Waals surface area contributed by atoms with E-state index in [1.54, 1.807) is 11.3 Å². The molecule has 3 nitrogen and oxygen atoms in total. The van der Waals surface area contributed by atoms with Crippen molar-refractivity contribution in [3.63, 3.8) is 0 Å². The summed E-state index contributed by atoms with van der Waals surface area (Å²) in [5, 5.41) is 2.60. The topological polar surface area (TPSA) is 45.8 Å². The van der Waals surface area contributed by atoms with E-state index in [1.807, 2.05) is 36.6 Å². The van der Waals surface area contributed by atoms with Crippen LogP contribution in [0.25, 0.3) is 21.3 Å². The van der Waals surface area contributed by atoms with Crippen LogP contribution in [-0.2, 0) is 0 Å². The Bertz CT molecular complexity index is 725. The molecule has 0 aliphatic rings. The van der Waals surface area contributed by atoms with Crippen molar-refractivity contribution in [3.8, 4) is 10.4 Å². The molecule has 2 aromatic heterocycles. The van der Waals surface area contributed by atoms with Crippen LogP contribution in [0.1, 0.15) is 5.56 Å². The molecular weight excluding hydrogens is 232 g/mol. The van der Waals surface area contributed by atoms with Gasteiger partial charge in [-0.3, -0.25) is 4.79 Å². The predicted molar refractivity (Wildman–Crippen MR) is 70.4 cm³/mol. The van der Waals surface area contributed by atoms with Gasteiger partial charge in [-0.15, -0.1) is 11.3 Å². The summed E-state index contributed by atoms with van der Waals surface area (Å²) in [5.41, 5.74) is 2.96. The number of nitrogens with zero attached hydrogens (tertiary/aromatic N) is 1. The minimum Gasteiger partial charge on any atom is -0.313 e. The van der Waals surface area contributed by atoms with Gasteiger partial charge in [-0.05, 0) is 12.5 Å². The molecule has 0 aliphatic heterocycles. The van der Waals surface area contributed by atoms with Gasteiger partial charge in [-0.2, -0.15) is 0 Å². The van der Waals surface area contributed by atoms with E-state index in [1.165, 1.54) is 11.9 Å². The molecule has 0 spiro atoms. The fourth-order valence-electron chi connectivity index (χ4n) is 1.81. The second kappa shape index (κ2) is 3.82. The van der Waals surface area contributed by atoms with Gasteiger partial charge >= 0.3 is 0 Å². The lowest BCUT2D eigenvalue weighted by atomic mass is 10.1. The maximum atomic E-state index is 11.8. The summed E-state index contributed by atoms with van der Waals surface area (Å²) in [6, 6.07) is 8.16. The molecule has 2 heterocycles. The van der Waals surface area contributed by atoms with E-state index in [0.717, 1.165) is 16.0 Å². The lowest BCUT2D eigenvalue weighted by Gasteiger charge is -1.99. The van der Waals surface area contributed by atoms with Crippen LogP contribution in [0.5, 0.6) is 0 Å². The van der Waals surface area contributed by atoms with Gasteiger partial charge in [0.2, 0.25) is 0 Å². The van der Waals surface area contributed by atoms with E-state index in [2.05, 4.69) is 9.97 Å². The highest BCUT2D eigenvalue weighted by Crippen LogP contribution is 2.31. The van der Waals surface area contributed by atoms with Gasteiger partial charge in [0, 0.05) is 10.3 Å². The lowest BCUT2D eigenvalue weighted by molar-refractivity contribution is 1.18. The number of benzene rings is 1. The minimum absolute atomic E-state index is 0.0770. The van der Waals surface area contributed by atoms with Crippen LogP contribution in [0.15, 0.2) is 40.8 Å². The molecule has 0 radical (unpaired) electrons. The minimum atomic E-state index is -0.0770. The first kappa shape index (κ1) is 10.2. The summed E-state index contributed by atoms with van der Waals surface area (Å²) in [6.07, 6.45) is 1.44. The number of hydrogen-bond donors (Lipinski definition) is 1. The first-order valence-electron chi connectivity index (χ1n) is 5.27. The number of fused-ring (bicyclic) bond motifs is 1. The SMILES string of the molecule is Cc1ccc(-c2scc3nc[nH]c(=O)c23)cc1. The third-order valence-electron chi connectivity index (χ3n) is 2.71. The average molecular weight is 242 g/mol. The zero-order valence-electron chi connectivity index (χ0n) is 9.23. The van der Waals surface area contributed by atoms with E-state index in [0.29, 0.717) is 5.39 Å². The monoisotopic (exact) mass is 242 g/mol. The molecule has 0 saturated carbocycles. The summed E-state index contributed by atoms with van der Waals surface area (Å²) >= 11 is 1.55. The number of H-pyrrole nitrogens is 1. The van der Waals surface area contributed by atoms with Crippen molar-refractivity contribution in [1.82, 2.24) is 9.97 Å². The second-order valence-corrected chi connectivity index (χ2v) is 4.80. The van der Waals surface area contributed by atoms with E-state index in [-0.39, 0.29) is 5.56 Å². The summed E-state index contributed by atoms with van der Waals surface area (Å²) in [5.74, 6) is 0. The highest BCUT2D eigenvalue weighted by Gasteiger charge is 2.10. The number of aromatic nitrogens is 2. The van der Waals surface area contributed by atoms with E-state index < -0.39 is 0 Å². The number of thiophene rings is 1. The van der Waals surface area contributed by atoms with Crippen LogP contribution in [0, 0.1) is 6.92 Å². The first-order valence-corrected chi connectivity index (χ1v) is 6.15. The Morgan fingerprint density at radius 1 is 1.24 bits per heavy atom. The molecule has 0 unspecified atom stereocenters. The van der Waals surface area contributed by atoms with Crippen molar-refractivity contribution < 1.29 is 0 Å². The molecule has 0 saturated heterocycles. The number of hydrogen-bond acceptors (Lipinski definition) is 3. The van der Waals surface area contributed by atoms with Gasteiger partial charge in [-0.25, -0.2) is 4.98 Å². The smallest absolute Gasteiger partial charge is 0.260 e. The van der Waals surface area contributed by atoms with E-state index in [9.17, 15) is 4.79 Å². The maximum absolute atomic E-state index is 11.8. The van der Waals surface area contributed by atoms with Gasteiger partial charge < -0.3 is 4.98 Å². The van der Waals surface area contributed by atoms with Gasteiger partial charge in [0.1, 0.15) is 0 Å². The van der Waals surface area contributed by atoms with Crippen LogP contribution in [-0.4, -0.2) is 9.97 Å². The summed E-state index contributed by atoms with van der Waals surface area (Å²) in [7, 11) is 0. The first-order chi connectivity index (χ1) is 8.25. The molecule has 0 aliphatic carbocycles. The predicted octanol–water partition coefficient (Wildman–Crippen LogP) is 2.96. The molecule has 4 heteroatoms. The highest BCUT2D eigenvalue weighted by atomic mass is 32.1. The van der Waals surface area contributed by atoms with Crippen molar-refractivity contribution in [1.29, 1.82) is 0 Å². The normalized spacial score (nSPS) is 10.9. The number of nitrogens with one attached hydrogen (secondary N) is 1. The molecule has 1 aromatic carbocycles. The fourth-order valence-corrected chi connectivity index (χ4v) is 2.81. The van der Waals surface area contributed by atoms with Gasteiger partial charge in [0.25, 0.3) is 5.56 Å². The highest BCUT2D eigenvalue weighted by molar-refractivity contribution is 7.15. The number of rotatable bonds is 1. The molecule has 0 fully saturated rings. The van der Waals surface area contributed by atoms with Crippen LogP contribution in [0.4, 0.5) is 0 Å². The van der Waals surface area contributed by atoms with Crippen molar-refractivity contribution in [2.45, 2.75) is 6.92 Å². The molecule has 1 N–H and O–H groups in total. The number of aryl methyl sites for hydroxylation is 1. The Hall–Kier alpha value is -1.94. The maximum Gasteiger partial charge on any atom is 0.260 e. The van der Waals surface area contributed by atoms with Crippen LogP contribution >= 0.6 is 11.3 Å². The molecule has 3 rings (SSSR count). The zero-order chi connectivity index (χ0) is 11.8. The molecule has 0 atom stereocenters. The Labute approximate surface area is 102 Å². The summed E-state index contributed by atoms with van der Waals surface area (Å²) in [6.45, 7) is 2.05. The van der Waals surface area contributed by atoms with Crippen molar-refractivity contribution >= 4 is 22.2 Å². The van der Waals surface area contributed by atoms with Crippen molar-refractivity contribution in [3.05, 3.63) is 51.9 Å². The van der Waals surface area contributed by atoms with Crippen LogP contribution < -0.4 is 5.56 Å². The third kappa shape index (κ3) is 1.66. The van der Waals surface area contributed by atoms with Crippen molar-refractivity contribution in [2.24, 2.45) is 0 Å². The largest absolute Gasteiger partial charge is 0.313 e. The standard InChI is InChI=1S/C13H10N2OS/c1-8-2-4-9(5-3-8)12-11-10(6-17-12)14-7-15-13(11)16/h2-7H,1H3,(H,14,15,16). The second-order valence-electron chi connectivity index (χ2n) is 3.92. The molecule has 3 aromatic rings. The molecular formula is C13H10N2OS. The molecule has 17 heavy (non-hydrogen) atoms. The van der Waals surface area contributed by atoms with E-state index in [4.69, 9.17) is 0 Å². The Kier molecular flexibility index (Phi) is 2.30. The quantitative estimate of drug-likeness (QED) is 0.713. The number of aromatic amines is 1.